The maximum atomic E-state index is 11.4. The molecule has 1 heterocycles. The Hall–Kier alpha value is -1.59. The largest absolute Gasteiger partial charge is 0.392 e. The van der Waals surface area contributed by atoms with Crippen LogP contribution in [0.2, 0.25) is 0 Å². The quantitative estimate of drug-likeness (QED) is 0.802. The second kappa shape index (κ2) is 5.37. The first-order valence-corrected chi connectivity index (χ1v) is 5.97. The highest BCUT2D eigenvalue weighted by Crippen LogP contribution is 2.25. The maximum absolute atomic E-state index is 11.4. The molecule has 0 saturated carbocycles. The molecule has 1 atom stereocenters. The molecule has 0 aliphatic carbocycles. The summed E-state index contributed by atoms with van der Waals surface area (Å²) in [6.07, 6.45) is 0. The molecular weight excluding hydrogens is 232 g/mol. The number of nitrogens with two attached hydrogens (primary N) is 1. The Morgan fingerprint density at radius 3 is 3.00 bits per heavy atom. The molecule has 1 aromatic carbocycles. The first kappa shape index (κ1) is 12.9. The minimum atomic E-state index is -0.419. The van der Waals surface area contributed by atoms with Crippen molar-refractivity contribution in [3.8, 4) is 0 Å². The lowest BCUT2D eigenvalue weighted by Gasteiger charge is -2.36. The number of hydrogen-bond donors (Lipinski definition) is 2. The van der Waals surface area contributed by atoms with Crippen molar-refractivity contribution in [1.29, 1.82) is 0 Å². The number of nitrogens with zero attached hydrogens (tertiary/aromatic N) is 1. The van der Waals surface area contributed by atoms with E-state index in [9.17, 15) is 4.79 Å². The van der Waals surface area contributed by atoms with E-state index in [-0.39, 0.29) is 12.5 Å². The van der Waals surface area contributed by atoms with Gasteiger partial charge in [0.2, 0.25) is 5.91 Å². The van der Waals surface area contributed by atoms with Crippen LogP contribution >= 0.6 is 0 Å². The van der Waals surface area contributed by atoms with Crippen molar-refractivity contribution in [3.05, 3.63) is 29.3 Å². The number of morpholine rings is 1. The number of amides is 1. The van der Waals surface area contributed by atoms with Gasteiger partial charge in [-0.1, -0.05) is 12.1 Å². The lowest BCUT2D eigenvalue weighted by Crippen LogP contribution is -2.52. The Labute approximate surface area is 106 Å². The van der Waals surface area contributed by atoms with Gasteiger partial charge in [0.05, 0.1) is 19.8 Å². The summed E-state index contributed by atoms with van der Waals surface area (Å²) >= 11 is 0. The van der Waals surface area contributed by atoms with Crippen LogP contribution in [0, 0.1) is 6.92 Å². The van der Waals surface area contributed by atoms with Crippen LogP contribution in [0.4, 0.5) is 5.69 Å². The SMILES string of the molecule is Cc1cc(CO)ccc1N1CCOCC1C(N)=O. The van der Waals surface area contributed by atoms with Gasteiger partial charge in [0.25, 0.3) is 0 Å². The summed E-state index contributed by atoms with van der Waals surface area (Å²) < 4.78 is 5.30. The third kappa shape index (κ3) is 2.47. The van der Waals surface area contributed by atoms with E-state index in [2.05, 4.69) is 0 Å². The highest BCUT2D eigenvalue weighted by Gasteiger charge is 2.28. The van der Waals surface area contributed by atoms with Crippen LogP contribution < -0.4 is 10.6 Å². The summed E-state index contributed by atoms with van der Waals surface area (Å²) in [4.78, 5) is 13.4. The molecule has 0 aromatic heterocycles. The van der Waals surface area contributed by atoms with Crippen molar-refractivity contribution in [3.63, 3.8) is 0 Å². The van der Waals surface area contributed by atoms with Crippen LogP contribution in [0.25, 0.3) is 0 Å². The number of aliphatic hydroxyl groups excluding tert-OH is 1. The van der Waals surface area contributed by atoms with Crippen LogP contribution in [-0.4, -0.2) is 36.8 Å². The fourth-order valence-corrected chi connectivity index (χ4v) is 2.27. The average molecular weight is 250 g/mol. The molecule has 1 aliphatic heterocycles. The fourth-order valence-electron chi connectivity index (χ4n) is 2.27. The molecule has 5 nitrogen and oxygen atoms in total. The van der Waals surface area contributed by atoms with Crippen molar-refractivity contribution < 1.29 is 14.6 Å². The Bertz CT molecular complexity index is 448. The zero-order chi connectivity index (χ0) is 13.1. The zero-order valence-electron chi connectivity index (χ0n) is 10.4. The lowest BCUT2D eigenvalue weighted by atomic mass is 10.1. The number of rotatable bonds is 3. The first-order chi connectivity index (χ1) is 8.63. The third-order valence-electron chi connectivity index (χ3n) is 3.21. The van der Waals surface area contributed by atoms with Gasteiger partial charge in [0.1, 0.15) is 6.04 Å². The van der Waals surface area contributed by atoms with Crippen LogP contribution in [0.5, 0.6) is 0 Å². The van der Waals surface area contributed by atoms with E-state index in [0.717, 1.165) is 16.8 Å². The van der Waals surface area contributed by atoms with Crippen LogP contribution in [-0.2, 0) is 16.1 Å². The molecule has 18 heavy (non-hydrogen) atoms. The van der Waals surface area contributed by atoms with Crippen molar-refractivity contribution >= 4 is 11.6 Å². The van der Waals surface area contributed by atoms with E-state index in [0.29, 0.717) is 19.8 Å². The fraction of sp³-hybridized carbons (Fsp3) is 0.462. The number of aliphatic hydroxyl groups is 1. The summed E-state index contributed by atoms with van der Waals surface area (Å²) in [6.45, 7) is 3.54. The first-order valence-electron chi connectivity index (χ1n) is 5.97. The van der Waals surface area contributed by atoms with Gasteiger partial charge in [-0.15, -0.1) is 0 Å². The van der Waals surface area contributed by atoms with Gasteiger partial charge >= 0.3 is 0 Å². The predicted octanol–water partition coefficient (Wildman–Crippen LogP) is 0.178. The molecule has 1 amide bonds. The van der Waals surface area contributed by atoms with Gasteiger partial charge in [0.15, 0.2) is 0 Å². The van der Waals surface area contributed by atoms with E-state index in [1.54, 1.807) is 0 Å². The summed E-state index contributed by atoms with van der Waals surface area (Å²) in [7, 11) is 0. The van der Waals surface area contributed by atoms with E-state index >= 15 is 0 Å². The third-order valence-corrected chi connectivity index (χ3v) is 3.21. The number of benzene rings is 1. The zero-order valence-corrected chi connectivity index (χ0v) is 10.4. The molecule has 5 heteroatoms. The number of anilines is 1. The molecule has 1 aromatic rings. The molecule has 0 bridgehead atoms. The summed E-state index contributed by atoms with van der Waals surface area (Å²) in [5.74, 6) is -0.375. The van der Waals surface area contributed by atoms with Crippen molar-refractivity contribution in [2.24, 2.45) is 5.73 Å². The van der Waals surface area contributed by atoms with Crippen molar-refractivity contribution in [1.82, 2.24) is 0 Å². The molecule has 1 fully saturated rings. The maximum Gasteiger partial charge on any atom is 0.242 e. The Morgan fingerprint density at radius 2 is 2.39 bits per heavy atom. The summed E-state index contributed by atoms with van der Waals surface area (Å²) in [5, 5.41) is 9.10. The number of ether oxygens (including phenoxy) is 1. The van der Waals surface area contributed by atoms with Crippen LogP contribution in [0.1, 0.15) is 11.1 Å². The second-order valence-corrected chi connectivity index (χ2v) is 4.47. The Kier molecular flexibility index (Phi) is 3.84. The minimum absolute atomic E-state index is 0.0173. The van der Waals surface area contributed by atoms with Crippen molar-refractivity contribution in [2.75, 3.05) is 24.7 Å². The number of primary amides is 1. The highest BCUT2D eigenvalue weighted by molar-refractivity contribution is 5.84. The number of hydrogen-bond acceptors (Lipinski definition) is 4. The smallest absolute Gasteiger partial charge is 0.242 e. The van der Waals surface area contributed by atoms with Crippen LogP contribution in [0.3, 0.4) is 0 Å². The van der Waals surface area contributed by atoms with Crippen LogP contribution in [0.15, 0.2) is 18.2 Å². The van der Waals surface area contributed by atoms with Gasteiger partial charge in [-0.25, -0.2) is 0 Å². The summed E-state index contributed by atoms with van der Waals surface area (Å²) in [5.41, 5.74) is 8.26. The van der Waals surface area contributed by atoms with E-state index in [1.165, 1.54) is 0 Å². The standard InChI is InChI=1S/C13H18N2O3/c1-9-6-10(7-16)2-3-11(9)15-4-5-18-8-12(15)13(14)17/h2-3,6,12,16H,4-5,7-8H2,1H3,(H2,14,17). The van der Waals surface area contributed by atoms with Gasteiger partial charge in [-0.2, -0.15) is 0 Å². The monoisotopic (exact) mass is 250 g/mol. The molecule has 0 radical (unpaired) electrons. The van der Waals surface area contributed by atoms with E-state index in [1.807, 2.05) is 30.0 Å². The predicted molar refractivity (Wildman–Crippen MR) is 68.2 cm³/mol. The van der Waals surface area contributed by atoms with E-state index < -0.39 is 6.04 Å². The molecule has 0 spiro atoms. The van der Waals surface area contributed by atoms with E-state index in [4.69, 9.17) is 15.6 Å². The second-order valence-electron chi connectivity index (χ2n) is 4.47. The Morgan fingerprint density at radius 1 is 1.61 bits per heavy atom. The summed E-state index contributed by atoms with van der Waals surface area (Å²) in [6, 6.07) is 5.28. The minimum Gasteiger partial charge on any atom is -0.392 e. The van der Waals surface area contributed by atoms with Gasteiger partial charge in [-0.3, -0.25) is 4.79 Å². The number of carbonyl (C=O) groups is 1. The van der Waals surface area contributed by atoms with Gasteiger partial charge in [0, 0.05) is 12.2 Å². The molecule has 1 saturated heterocycles. The topological polar surface area (TPSA) is 75.8 Å². The number of aryl methyl sites for hydroxylation is 1. The highest BCUT2D eigenvalue weighted by atomic mass is 16.5. The molecule has 2 rings (SSSR count). The van der Waals surface area contributed by atoms with Gasteiger partial charge < -0.3 is 20.5 Å². The Balaban J connectivity index is 2.31. The molecule has 98 valence electrons. The number of carbonyl (C=O) groups excluding carboxylic acids is 1. The van der Waals surface area contributed by atoms with Crippen molar-refractivity contribution in [2.45, 2.75) is 19.6 Å². The molecular formula is C13H18N2O3. The average Bonchev–Trinajstić information content (AvgIpc) is 2.38. The van der Waals surface area contributed by atoms with Gasteiger partial charge in [-0.05, 0) is 24.1 Å². The normalized spacial score (nSPS) is 19.9. The molecule has 3 N–H and O–H groups in total. The lowest BCUT2D eigenvalue weighted by molar-refractivity contribution is -0.121. The molecule has 1 aliphatic rings. The molecule has 1 unspecified atom stereocenters.